The third kappa shape index (κ3) is 7.46. The number of rotatable bonds is 17. The number of allylic oxidation sites excluding steroid dienone is 1. The van der Waals surface area contributed by atoms with Gasteiger partial charge in [-0.25, -0.2) is 14.4 Å². The van der Waals surface area contributed by atoms with E-state index in [2.05, 4.69) is 6.92 Å². The molecular formula is C22H40NO6+. The molecule has 168 valence electrons. The second-order valence-corrected chi connectivity index (χ2v) is 7.64. The Morgan fingerprint density at radius 2 is 1.10 bits per heavy atom. The molecule has 0 aromatic heterocycles. The van der Waals surface area contributed by atoms with Gasteiger partial charge in [0, 0.05) is 19.3 Å². The van der Waals surface area contributed by atoms with Gasteiger partial charge in [0.2, 0.25) is 0 Å². The highest BCUT2D eigenvalue weighted by Gasteiger charge is 2.55. The SMILES string of the molecule is CCCCCCC/C=C/C[N+](C(CC)C(=O)O)(C(CC)C(=O)O)C(CC)C(=O)O. The molecule has 0 radical (unpaired) electrons. The molecule has 3 N–H and O–H groups in total. The fraction of sp³-hybridized carbons (Fsp3) is 0.773. The number of carboxylic acid groups (broad SMARTS) is 3. The molecule has 0 aliphatic heterocycles. The van der Waals surface area contributed by atoms with Crippen LogP contribution in [0, 0.1) is 0 Å². The Balaban J connectivity index is 5.94. The van der Waals surface area contributed by atoms with Crippen molar-refractivity contribution in [1.29, 1.82) is 0 Å². The molecule has 3 atom stereocenters. The average Bonchev–Trinajstić information content (AvgIpc) is 2.64. The van der Waals surface area contributed by atoms with Crippen LogP contribution in [0.3, 0.4) is 0 Å². The van der Waals surface area contributed by atoms with E-state index in [4.69, 9.17) is 0 Å². The maximum absolute atomic E-state index is 12.1. The molecule has 0 fully saturated rings. The summed E-state index contributed by atoms with van der Waals surface area (Å²) in [6.45, 7) is 7.25. The zero-order valence-corrected chi connectivity index (χ0v) is 18.5. The zero-order valence-electron chi connectivity index (χ0n) is 18.5. The Kier molecular flexibility index (Phi) is 13.2. The summed E-state index contributed by atoms with van der Waals surface area (Å²) in [6, 6.07) is -3.32. The number of unbranched alkanes of at least 4 members (excludes halogenated alkanes) is 5. The average molecular weight is 415 g/mol. The molecule has 0 aliphatic rings. The third-order valence-electron chi connectivity index (χ3n) is 5.82. The molecule has 0 rings (SSSR count). The van der Waals surface area contributed by atoms with Crippen molar-refractivity contribution in [3.05, 3.63) is 12.2 Å². The highest BCUT2D eigenvalue weighted by molar-refractivity contribution is 5.78. The van der Waals surface area contributed by atoms with E-state index in [0.717, 1.165) is 19.3 Å². The first kappa shape index (κ1) is 27.1. The third-order valence-corrected chi connectivity index (χ3v) is 5.82. The second-order valence-electron chi connectivity index (χ2n) is 7.64. The van der Waals surface area contributed by atoms with Crippen molar-refractivity contribution >= 4 is 17.9 Å². The number of hydrogen-bond acceptors (Lipinski definition) is 3. The molecule has 3 unspecified atom stereocenters. The molecule has 0 aromatic carbocycles. The van der Waals surface area contributed by atoms with Crippen molar-refractivity contribution in [3.63, 3.8) is 0 Å². The molecule has 0 saturated carbocycles. The summed E-state index contributed by atoms with van der Waals surface area (Å²) < 4.78 is -0.490. The number of hydrogen-bond donors (Lipinski definition) is 3. The maximum Gasteiger partial charge on any atom is 0.362 e. The van der Waals surface area contributed by atoms with Crippen molar-refractivity contribution in [2.24, 2.45) is 0 Å². The number of carboxylic acids is 3. The normalized spacial score (nSPS) is 16.8. The van der Waals surface area contributed by atoms with Gasteiger partial charge in [-0.15, -0.1) is 0 Å². The Morgan fingerprint density at radius 1 is 0.690 bits per heavy atom. The lowest BCUT2D eigenvalue weighted by atomic mass is 9.94. The van der Waals surface area contributed by atoms with E-state index in [1.165, 1.54) is 19.3 Å². The van der Waals surface area contributed by atoms with Crippen molar-refractivity contribution in [1.82, 2.24) is 0 Å². The second kappa shape index (κ2) is 14.1. The molecule has 0 amide bonds. The lowest BCUT2D eigenvalue weighted by Gasteiger charge is -2.49. The largest absolute Gasteiger partial charge is 0.477 e. The number of carbonyl (C=O) groups is 3. The van der Waals surface area contributed by atoms with Crippen molar-refractivity contribution in [2.45, 2.75) is 104 Å². The monoisotopic (exact) mass is 414 g/mol. The number of quaternary nitrogens is 1. The van der Waals surface area contributed by atoms with E-state index in [-0.39, 0.29) is 25.8 Å². The summed E-state index contributed by atoms with van der Waals surface area (Å²) in [7, 11) is 0. The van der Waals surface area contributed by atoms with E-state index in [1.54, 1.807) is 26.8 Å². The minimum Gasteiger partial charge on any atom is -0.477 e. The van der Waals surface area contributed by atoms with Crippen molar-refractivity contribution in [2.75, 3.05) is 6.54 Å². The summed E-state index contributed by atoms with van der Waals surface area (Å²) in [5.41, 5.74) is 0. The molecule has 0 spiro atoms. The van der Waals surface area contributed by atoms with Gasteiger partial charge in [-0.3, -0.25) is 4.48 Å². The molecule has 7 nitrogen and oxygen atoms in total. The lowest BCUT2D eigenvalue weighted by molar-refractivity contribution is -0.968. The minimum atomic E-state index is -1.15. The van der Waals surface area contributed by atoms with E-state index < -0.39 is 40.5 Å². The van der Waals surface area contributed by atoms with Crippen LogP contribution >= 0.6 is 0 Å². The van der Waals surface area contributed by atoms with Gasteiger partial charge < -0.3 is 15.3 Å². The summed E-state index contributed by atoms with van der Waals surface area (Å²) in [6.07, 6.45) is 10.7. The molecule has 0 saturated heterocycles. The summed E-state index contributed by atoms with van der Waals surface area (Å²) in [4.78, 5) is 36.2. The highest BCUT2D eigenvalue weighted by atomic mass is 16.4. The zero-order chi connectivity index (χ0) is 22.4. The van der Waals surface area contributed by atoms with Crippen LogP contribution in [0.25, 0.3) is 0 Å². The van der Waals surface area contributed by atoms with Gasteiger partial charge in [0.25, 0.3) is 0 Å². The van der Waals surface area contributed by atoms with Crippen molar-refractivity contribution < 1.29 is 34.2 Å². The smallest absolute Gasteiger partial charge is 0.362 e. The fourth-order valence-corrected chi connectivity index (χ4v) is 4.43. The minimum absolute atomic E-state index is 0.0788. The van der Waals surface area contributed by atoms with Gasteiger partial charge in [0.05, 0.1) is 6.54 Å². The van der Waals surface area contributed by atoms with Crippen LogP contribution in [-0.2, 0) is 14.4 Å². The first-order valence-electron chi connectivity index (χ1n) is 10.9. The van der Waals surface area contributed by atoms with E-state index in [0.29, 0.717) is 0 Å². The van der Waals surface area contributed by atoms with Crippen LogP contribution in [0.1, 0.15) is 85.5 Å². The Labute approximate surface area is 175 Å². The first-order chi connectivity index (χ1) is 13.7. The van der Waals surface area contributed by atoms with Crippen LogP contribution in [0.2, 0.25) is 0 Å². The van der Waals surface area contributed by atoms with Gasteiger partial charge in [0.1, 0.15) is 0 Å². The molecule has 0 bridgehead atoms. The summed E-state index contributed by atoms with van der Waals surface area (Å²) in [5, 5.41) is 29.6. The molecule has 0 aromatic rings. The Hall–Kier alpha value is -1.89. The summed E-state index contributed by atoms with van der Waals surface area (Å²) >= 11 is 0. The molecule has 0 aliphatic carbocycles. The molecule has 29 heavy (non-hydrogen) atoms. The van der Waals surface area contributed by atoms with Crippen molar-refractivity contribution in [3.8, 4) is 0 Å². The van der Waals surface area contributed by atoms with Gasteiger partial charge in [-0.05, 0) is 18.9 Å². The van der Waals surface area contributed by atoms with Crippen LogP contribution in [-0.4, -0.2) is 62.4 Å². The van der Waals surface area contributed by atoms with Crippen LogP contribution in [0.5, 0.6) is 0 Å². The van der Waals surface area contributed by atoms with Crippen LogP contribution < -0.4 is 0 Å². The molecule has 7 heteroatoms. The van der Waals surface area contributed by atoms with E-state index in [1.807, 2.05) is 6.08 Å². The van der Waals surface area contributed by atoms with Crippen LogP contribution in [0.4, 0.5) is 0 Å². The maximum atomic E-state index is 12.1. The molecular weight excluding hydrogens is 374 g/mol. The fourth-order valence-electron chi connectivity index (χ4n) is 4.43. The van der Waals surface area contributed by atoms with E-state index in [9.17, 15) is 29.7 Å². The topological polar surface area (TPSA) is 112 Å². The quantitative estimate of drug-likeness (QED) is 0.186. The first-order valence-corrected chi connectivity index (χ1v) is 10.9. The van der Waals surface area contributed by atoms with Gasteiger partial charge >= 0.3 is 17.9 Å². The van der Waals surface area contributed by atoms with Gasteiger partial charge in [-0.2, -0.15) is 0 Å². The Bertz CT molecular complexity index is 490. The molecule has 0 heterocycles. The summed E-state index contributed by atoms with van der Waals surface area (Å²) in [5.74, 6) is -3.46. The highest BCUT2D eigenvalue weighted by Crippen LogP contribution is 2.31. The predicted octanol–water partition coefficient (Wildman–Crippen LogP) is 4.31. The number of nitrogens with zero attached hydrogens (tertiary/aromatic N) is 1. The van der Waals surface area contributed by atoms with Gasteiger partial charge in [-0.1, -0.05) is 59.5 Å². The van der Waals surface area contributed by atoms with E-state index >= 15 is 0 Å². The number of aliphatic carboxylic acids is 3. The predicted molar refractivity (Wildman–Crippen MR) is 113 cm³/mol. The Morgan fingerprint density at radius 3 is 1.45 bits per heavy atom. The van der Waals surface area contributed by atoms with Crippen LogP contribution in [0.15, 0.2) is 12.2 Å². The van der Waals surface area contributed by atoms with Gasteiger partial charge in [0.15, 0.2) is 18.1 Å². The lowest BCUT2D eigenvalue weighted by Crippen LogP contribution is -2.72. The standard InChI is InChI=1S/C22H39NO6/c1-5-9-10-11-12-13-14-15-16-23(17(6-2)20(24)25,18(7-3)21(26)27)19(8-4)22(28)29/h14-15,17-19H,5-13,16H2,1-4H3,(H2-,24,25,26,27,28,29)/p+1/b15-14+.